The fraction of sp³-hybridized carbons (Fsp3) is 0.600. The van der Waals surface area contributed by atoms with Crippen molar-refractivity contribution in [1.29, 1.82) is 0 Å². The zero-order valence-corrected chi connectivity index (χ0v) is 9.06. The summed E-state index contributed by atoms with van der Waals surface area (Å²) in [5.74, 6) is 3.17. The van der Waals surface area contributed by atoms with Crippen molar-refractivity contribution < 1.29 is 4.42 Å². The van der Waals surface area contributed by atoms with Crippen LogP contribution in [-0.4, -0.2) is 11.8 Å². The SMILES string of the molecule is Cc1ccoc1CSCCC(C)N. The molecule has 13 heavy (non-hydrogen) atoms. The van der Waals surface area contributed by atoms with E-state index in [-0.39, 0.29) is 0 Å². The molecule has 74 valence electrons. The fourth-order valence-electron chi connectivity index (χ4n) is 0.986. The first kappa shape index (κ1) is 10.7. The lowest BCUT2D eigenvalue weighted by Crippen LogP contribution is -2.15. The molecule has 1 atom stereocenters. The highest BCUT2D eigenvalue weighted by atomic mass is 32.2. The number of furan rings is 1. The van der Waals surface area contributed by atoms with Crippen LogP contribution in [0, 0.1) is 6.92 Å². The van der Waals surface area contributed by atoms with Gasteiger partial charge in [0.05, 0.1) is 12.0 Å². The summed E-state index contributed by atoms with van der Waals surface area (Å²) in [6, 6.07) is 2.31. The van der Waals surface area contributed by atoms with Gasteiger partial charge in [0.1, 0.15) is 5.76 Å². The maximum Gasteiger partial charge on any atom is 0.116 e. The second-order valence-electron chi connectivity index (χ2n) is 3.35. The molecule has 0 radical (unpaired) electrons. The van der Waals surface area contributed by atoms with Gasteiger partial charge in [-0.2, -0.15) is 11.8 Å². The van der Waals surface area contributed by atoms with E-state index in [9.17, 15) is 0 Å². The van der Waals surface area contributed by atoms with Gasteiger partial charge in [-0.05, 0) is 37.7 Å². The van der Waals surface area contributed by atoms with Crippen LogP contribution in [0.1, 0.15) is 24.7 Å². The number of thioether (sulfide) groups is 1. The number of aryl methyl sites for hydroxylation is 1. The zero-order chi connectivity index (χ0) is 9.68. The van der Waals surface area contributed by atoms with Crippen LogP contribution in [0.3, 0.4) is 0 Å². The Morgan fingerprint density at radius 2 is 2.38 bits per heavy atom. The van der Waals surface area contributed by atoms with Crippen molar-refractivity contribution >= 4 is 11.8 Å². The van der Waals surface area contributed by atoms with Gasteiger partial charge in [-0.15, -0.1) is 0 Å². The van der Waals surface area contributed by atoms with Crippen molar-refractivity contribution in [2.45, 2.75) is 32.1 Å². The predicted molar refractivity (Wildman–Crippen MR) is 57.9 cm³/mol. The molecule has 0 bridgehead atoms. The zero-order valence-electron chi connectivity index (χ0n) is 8.25. The van der Waals surface area contributed by atoms with E-state index < -0.39 is 0 Å². The molecule has 0 amide bonds. The maximum absolute atomic E-state index is 5.64. The van der Waals surface area contributed by atoms with Crippen molar-refractivity contribution in [3.63, 3.8) is 0 Å². The van der Waals surface area contributed by atoms with Crippen molar-refractivity contribution in [3.8, 4) is 0 Å². The summed E-state index contributed by atoms with van der Waals surface area (Å²) in [6.45, 7) is 4.11. The average Bonchev–Trinajstić information content (AvgIpc) is 2.45. The Morgan fingerprint density at radius 1 is 1.62 bits per heavy atom. The molecule has 0 aliphatic carbocycles. The Labute approximate surface area is 83.9 Å². The molecule has 1 aromatic heterocycles. The highest BCUT2D eigenvalue weighted by Gasteiger charge is 2.01. The molecule has 0 aliphatic heterocycles. The predicted octanol–water partition coefficient (Wildman–Crippen LogP) is 2.56. The standard InChI is InChI=1S/C10H17NOS/c1-8-3-5-12-10(8)7-13-6-4-9(2)11/h3,5,9H,4,6-7,11H2,1-2H3. The van der Waals surface area contributed by atoms with Crippen LogP contribution in [0.25, 0.3) is 0 Å². The fourth-order valence-corrected chi connectivity index (χ4v) is 2.15. The van der Waals surface area contributed by atoms with Gasteiger partial charge in [-0.3, -0.25) is 0 Å². The molecule has 0 saturated heterocycles. The maximum atomic E-state index is 5.64. The molecule has 0 aliphatic rings. The van der Waals surface area contributed by atoms with Crippen LogP contribution in [-0.2, 0) is 5.75 Å². The van der Waals surface area contributed by atoms with Gasteiger partial charge in [-0.1, -0.05) is 0 Å². The summed E-state index contributed by atoms with van der Waals surface area (Å²) >= 11 is 1.88. The minimum atomic E-state index is 0.310. The molecule has 0 aromatic carbocycles. The topological polar surface area (TPSA) is 39.2 Å². The van der Waals surface area contributed by atoms with E-state index in [1.54, 1.807) is 6.26 Å². The van der Waals surface area contributed by atoms with Crippen LogP contribution in [0.2, 0.25) is 0 Å². The van der Waals surface area contributed by atoms with Gasteiger partial charge in [0.25, 0.3) is 0 Å². The molecule has 0 fully saturated rings. The van der Waals surface area contributed by atoms with E-state index in [4.69, 9.17) is 10.2 Å². The molecule has 0 saturated carbocycles. The van der Waals surface area contributed by atoms with Crippen molar-refractivity contribution in [3.05, 3.63) is 23.7 Å². The van der Waals surface area contributed by atoms with E-state index in [2.05, 4.69) is 6.92 Å². The number of hydrogen-bond acceptors (Lipinski definition) is 3. The van der Waals surface area contributed by atoms with E-state index in [1.807, 2.05) is 24.8 Å². The normalized spacial score (nSPS) is 13.2. The highest BCUT2D eigenvalue weighted by molar-refractivity contribution is 7.98. The Bertz CT molecular complexity index is 245. The van der Waals surface area contributed by atoms with Crippen LogP contribution in [0.4, 0.5) is 0 Å². The second-order valence-corrected chi connectivity index (χ2v) is 4.45. The summed E-state index contributed by atoms with van der Waals surface area (Å²) in [7, 11) is 0. The second kappa shape index (κ2) is 5.35. The van der Waals surface area contributed by atoms with Crippen molar-refractivity contribution in [2.75, 3.05) is 5.75 Å². The average molecular weight is 199 g/mol. The first-order chi connectivity index (χ1) is 6.20. The lowest BCUT2D eigenvalue weighted by molar-refractivity contribution is 0.527. The molecule has 1 heterocycles. The minimum absolute atomic E-state index is 0.310. The van der Waals surface area contributed by atoms with Gasteiger partial charge in [0.15, 0.2) is 0 Å². The molecular weight excluding hydrogens is 182 g/mol. The van der Waals surface area contributed by atoms with Gasteiger partial charge in [-0.25, -0.2) is 0 Å². The number of hydrogen-bond donors (Lipinski definition) is 1. The molecule has 2 N–H and O–H groups in total. The monoisotopic (exact) mass is 199 g/mol. The van der Waals surface area contributed by atoms with Crippen molar-refractivity contribution in [1.82, 2.24) is 0 Å². The first-order valence-electron chi connectivity index (χ1n) is 4.56. The molecule has 1 rings (SSSR count). The van der Waals surface area contributed by atoms with Gasteiger partial charge in [0, 0.05) is 6.04 Å². The van der Waals surface area contributed by atoms with Crippen LogP contribution in [0.5, 0.6) is 0 Å². The van der Waals surface area contributed by atoms with Gasteiger partial charge in [0.2, 0.25) is 0 Å². The smallest absolute Gasteiger partial charge is 0.116 e. The van der Waals surface area contributed by atoms with Crippen LogP contribution < -0.4 is 5.73 Å². The van der Waals surface area contributed by atoms with E-state index in [0.717, 1.165) is 23.7 Å². The minimum Gasteiger partial charge on any atom is -0.468 e. The Kier molecular flexibility index (Phi) is 4.39. The van der Waals surface area contributed by atoms with Crippen LogP contribution >= 0.6 is 11.8 Å². The van der Waals surface area contributed by atoms with Crippen LogP contribution in [0.15, 0.2) is 16.7 Å². The number of nitrogens with two attached hydrogens (primary N) is 1. The molecule has 2 nitrogen and oxygen atoms in total. The summed E-state index contributed by atoms with van der Waals surface area (Å²) in [5, 5.41) is 0. The quantitative estimate of drug-likeness (QED) is 0.741. The molecular formula is C10H17NOS. The summed E-state index contributed by atoms with van der Waals surface area (Å²) in [5.41, 5.74) is 6.89. The molecule has 1 unspecified atom stereocenters. The van der Waals surface area contributed by atoms with E-state index >= 15 is 0 Å². The first-order valence-corrected chi connectivity index (χ1v) is 5.72. The molecule has 0 spiro atoms. The van der Waals surface area contributed by atoms with Gasteiger partial charge >= 0.3 is 0 Å². The highest BCUT2D eigenvalue weighted by Crippen LogP contribution is 2.17. The van der Waals surface area contributed by atoms with Gasteiger partial charge < -0.3 is 10.2 Å². The number of rotatable bonds is 5. The third-order valence-electron chi connectivity index (χ3n) is 1.92. The van der Waals surface area contributed by atoms with E-state index in [0.29, 0.717) is 6.04 Å². The third kappa shape index (κ3) is 3.87. The summed E-state index contributed by atoms with van der Waals surface area (Å²) in [6.07, 6.45) is 2.82. The Morgan fingerprint density at radius 3 is 2.92 bits per heavy atom. The van der Waals surface area contributed by atoms with E-state index in [1.165, 1.54) is 5.56 Å². The third-order valence-corrected chi connectivity index (χ3v) is 2.91. The Balaban J connectivity index is 2.17. The molecule has 3 heteroatoms. The van der Waals surface area contributed by atoms with Crippen molar-refractivity contribution in [2.24, 2.45) is 5.73 Å². The summed E-state index contributed by atoms with van der Waals surface area (Å²) < 4.78 is 5.32. The lowest BCUT2D eigenvalue weighted by Gasteiger charge is -2.03. The molecule has 1 aromatic rings. The summed E-state index contributed by atoms with van der Waals surface area (Å²) in [4.78, 5) is 0. The Hall–Kier alpha value is -0.410. The lowest BCUT2D eigenvalue weighted by atomic mass is 10.3. The largest absolute Gasteiger partial charge is 0.468 e.